The van der Waals surface area contributed by atoms with Crippen LogP contribution >= 0.6 is 11.3 Å². The van der Waals surface area contributed by atoms with Crippen molar-refractivity contribution in [1.29, 1.82) is 0 Å². The summed E-state index contributed by atoms with van der Waals surface area (Å²) in [5.74, 6) is 0.585. The summed E-state index contributed by atoms with van der Waals surface area (Å²) >= 11 is 1.72. The maximum absolute atomic E-state index is 12.8. The van der Waals surface area contributed by atoms with Gasteiger partial charge in [-0.25, -0.2) is 0 Å². The molecule has 0 spiro atoms. The molecule has 6 heteroatoms. The maximum Gasteiger partial charge on any atom is 0.270 e. The van der Waals surface area contributed by atoms with Crippen LogP contribution in [0.3, 0.4) is 0 Å². The Labute approximate surface area is 151 Å². The third kappa shape index (κ3) is 2.91. The summed E-state index contributed by atoms with van der Waals surface area (Å²) < 4.78 is 1.13. The van der Waals surface area contributed by atoms with Crippen LogP contribution in [0.2, 0.25) is 0 Å². The predicted molar refractivity (Wildman–Crippen MR) is 101 cm³/mol. The van der Waals surface area contributed by atoms with Gasteiger partial charge in [-0.1, -0.05) is 0 Å². The number of nitrogens with zero attached hydrogens (tertiary/aromatic N) is 2. The molecule has 3 saturated heterocycles. The van der Waals surface area contributed by atoms with Crippen LogP contribution in [0.5, 0.6) is 0 Å². The highest BCUT2D eigenvalue weighted by Gasteiger charge is 2.40. The molecule has 2 bridgehead atoms. The molecule has 2 N–H and O–H groups in total. The number of piperidine rings is 3. The van der Waals surface area contributed by atoms with Crippen molar-refractivity contribution in [2.75, 3.05) is 18.4 Å². The molecular formula is C19H24N4OS. The number of pyridine rings is 1. The lowest BCUT2D eigenvalue weighted by atomic mass is 9.79. The van der Waals surface area contributed by atoms with Gasteiger partial charge in [-0.3, -0.25) is 14.7 Å². The molecule has 1 saturated carbocycles. The summed E-state index contributed by atoms with van der Waals surface area (Å²) in [6.07, 6.45) is 6.75. The van der Waals surface area contributed by atoms with Crippen molar-refractivity contribution in [3.05, 3.63) is 24.0 Å². The summed E-state index contributed by atoms with van der Waals surface area (Å²) in [6.45, 7) is 4.59. The second-order valence-electron chi connectivity index (χ2n) is 7.75. The Morgan fingerprint density at radius 2 is 2.04 bits per heavy atom. The van der Waals surface area contributed by atoms with Crippen LogP contribution in [0.15, 0.2) is 18.3 Å². The van der Waals surface area contributed by atoms with Gasteiger partial charge in [0, 0.05) is 34.4 Å². The zero-order valence-electron chi connectivity index (χ0n) is 14.5. The minimum atomic E-state index is -0.0300. The van der Waals surface area contributed by atoms with Gasteiger partial charge in [-0.05, 0) is 63.7 Å². The fourth-order valence-corrected chi connectivity index (χ4v) is 5.38. The number of fused-ring (bicyclic) bond motifs is 4. The average molecular weight is 356 g/mol. The Bertz CT molecular complexity index is 805. The number of carbonyl (C=O) groups is 1. The lowest BCUT2D eigenvalue weighted by Gasteiger charge is -2.49. The minimum Gasteiger partial charge on any atom is -0.374 e. The van der Waals surface area contributed by atoms with Crippen LogP contribution in [0.1, 0.15) is 43.1 Å². The van der Waals surface area contributed by atoms with Crippen LogP contribution in [-0.4, -0.2) is 47.0 Å². The number of carbonyl (C=O) groups excluding carboxylic acids is 1. The Morgan fingerprint density at radius 1 is 1.24 bits per heavy atom. The lowest BCUT2D eigenvalue weighted by molar-refractivity contribution is 0.0216. The van der Waals surface area contributed by atoms with E-state index in [1.165, 1.54) is 43.8 Å². The van der Waals surface area contributed by atoms with Crippen LogP contribution < -0.4 is 10.6 Å². The highest BCUT2D eigenvalue weighted by Crippen LogP contribution is 2.34. The van der Waals surface area contributed by atoms with Crippen molar-refractivity contribution in [3.63, 3.8) is 0 Å². The van der Waals surface area contributed by atoms with Gasteiger partial charge in [0.15, 0.2) is 0 Å². The molecule has 4 aliphatic rings. The van der Waals surface area contributed by atoms with E-state index < -0.39 is 0 Å². The highest BCUT2D eigenvalue weighted by atomic mass is 32.1. The lowest BCUT2D eigenvalue weighted by Crippen LogP contribution is -2.62. The Hall–Kier alpha value is -1.66. The van der Waals surface area contributed by atoms with Crippen LogP contribution in [0, 0.1) is 5.92 Å². The largest absolute Gasteiger partial charge is 0.374 e. The molecule has 0 radical (unpaired) electrons. The minimum absolute atomic E-state index is 0.0300. The monoisotopic (exact) mass is 356 g/mol. The van der Waals surface area contributed by atoms with E-state index in [2.05, 4.69) is 33.5 Å². The maximum atomic E-state index is 12.8. The molecule has 1 amide bonds. The fraction of sp³-hybridized carbons (Fsp3) is 0.579. The number of anilines is 1. The first-order chi connectivity index (χ1) is 12.2. The number of aromatic nitrogens is 1. The van der Waals surface area contributed by atoms with E-state index in [0.717, 1.165) is 10.1 Å². The van der Waals surface area contributed by atoms with Gasteiger partial charge in [0.05, 0.1) is 5.00 Å². The molecule has 2 aromatic rings. The van der Waals surface area contributed by atoms with Crippen molar-refractivity contribution < 1.29 is 4.79 Å². The average Bonchev–Trinajstić information content (AvgIpc) is 3.34. The van der Waals surface area contributed by atoms with Gasteiger partial charge >= 0.3 is 0 Å². The van der Waals surface area contributed by atoms with Gasteiger partial charge in [0.1, 0.15) is 5.69 Å². The molecule has 4 fully saturated rings. The van der Waals surface area contributed by atoms with Crippen molar-refractivity contribution >= 4 is 32.3 Å². The number of nitrogens with one attached hydrogen (secondary N) is 2. The number of rotatable bonds is 4. The second-order valence-corrected chi connectivity index (χ2v) is 8.83. The van der Waals surface area contributed by atoms with E-state index in [-0.39, 0.29) is 11.9 Å². The van der Waals surface area contributed by atoms with Crippen LogP contribution in [-0.2, 0) is 0 Å². The second kappa shape index (κ2) is 5.95. The van der Waals surface area contributed by atoms with E-state index in [9.17, 15) is 4.79 Å². The standard InChI is InChI=1S/C19H24N4OS/c1-11-18(12-4-6-23(11)7-5-12)22-19(24)15-9-16-13(10-20-15)8-17(25-16)21-14-2-3-14/h8-12,14,18,21H,2-7H2,1H3,(H,22,24)/t11-,18-/m0/s1. The quantitative estimate of drug-likeness (QED) is 0.884. The molecule has 2 aromatic heterocycles. The highest BCUT2D eigenvalue weighted by molar-refractivity contribution is 7.22. The van der Waals surface area contributed by atoms with Crippen LogP contribution in [0.4, 0.5) is 5.00 Å². The topological polar surface area (TPSA) is 57.3 Å². The van der Waals surface area contributed by atoms with Crippen molar-refractivity contribution in [2.45, 2.75) is 50.7 Å². The molecule has 1 aliphatic carbocycles. The van der Waals surface area contributed by atoms with Crippen molar-refractivity contribution in [2.24, 2.45) is 5.92 Å². The molecule has 132 valence electrons. The SMILES string of the molecule is C[C@H]1[C@H](NC(=O)c2cc3sc(NC4CC4)cc3cn2)C2CCN1CC2. The zero-order valence-corrected chi connectivity index (χ0v) is 15.3. The first-order valence-corrected chi connectivity index (χ1v) is 10.2. The van der Waals surface area contributed by atoms with E-state index in [1.54, 1.807) is 11.3 Å². The Morgan fingerprint density at radius 3 is 2.76 bits per heavy atom. The van der Waals surface area contributed by atoms with Crippen LogP contribution in [0.25, 0.3) is 10.1 Å². The Balaban J connectivity index is 1.34. The summed E-state index contributed by atoms with van der Waals surface area (Å²) in [5.41, 5.74) is 0.538. The predicted octanol–water partition coefficient (Wildman–Crippen LogP) is 3.08. The summed E-state index contributed by atoms with van der Waals surface area (Å²) in [7, 11) is 0. The number of hydrogen-bond donors (Lipinski definition) is 2. The summed E-state index contributed by atoms with van der Waals surface area (Å²) in [5, 5.41) is 9.10. The van der Waals surface area contributed by atoms with Gasteiger partial charge in [0.25, 0.3) is 5.91 Å². The molecule has 0 unspecified atom stereocenters. The molecular weight excluding hydrogens is 332 g/mol. The number of hydrogen-bond acceptors (Lipinski definition) is 5. The number of amides is 1. The van der Waals surface area contributed by atoms with Gasteiger partial charge in [-0.2, -0.15) is 0 Å². The third-order valence-electron chi connectivity index (χ3n) is 6.03. The van der Waals surface area contributed by atoms with Crippen molar-refractivity contribution in [3.8, 4) is 0 Å². The molecule has 6 rings (SSSR count). The smallest absolute Gasteiger partial charge is 0.270 e. The van der Waals surface area contributed by atoms with Gasteiger partial charge < -0.3 is 10.6 Å². The molecule has 5 heterocycles. The van der Waals surface area contributed by atoms with Crippen molar-refractivity contribution in [1.82, 2.24) is 15.2 Å². The normalized spacial score (nSPS) is 31.2. The summed E-state index contributed by atoms with van der Waals surface area (Å²) in [4.78, 5) is 19.7. The van der Waals surface area contributed by atoms with E-state index >= 15 is 0 Å². The third-order valence-corrected chi connectivity index (χ3v) is 7.06. The van der Waals surface area contributed by atoms with E-state index in [1.807, 2.05) is 12.3 Å². The van der Waals surface area contributed by atoms with E-state index in [4.69, 9.17) is 0 Å². The van der Waals surface area contributed by atoms with Gasteiger partial charge in [0.2, 0.25) is 0 Å². The first kappa shape index (κ1) is 15.6. The fourth-order valence-electron chi connectivity index (χ4n) is 4.33. The summed E-state index contributed by atoms with van der Waals surface area (Å²) in [6, 6.07) is 5.41. The van der Waals surface area contributed by atoms with E-state index in [0.29, 0.717) is 23.7 Å². The zero-order chi connectivity index (χ0) is 17.0. The number of thiophene rings is 1. The molecule has 5 nitrogen and oxygen atoms in total. The first-order valence-electron chi connectivity index (χ1n) is 9.38. The molecule has 2 atom stereocenters. The molecule has 3 aliphatic heterocycles. The molecule has 0 aromatic carbocycles. The molecule has 25 heavy (non-hydrogen) atoms. The Kier molecular flexibility index (Phi) is 3.71. The van der Waals surface area contributed by atoms with Gasteiger partial charge in [-0.15, -0.1) is 11.3 Å².